The molecule has 0 aliphatic carbocycles. The molecule has 0 radical (unpaired) electrons. The van der Waals surface area contributed by atoms with Gasteiger partial charge in [0.2, 0.25) is 15.9 Å². The van der Waals surface area contributed by atoms with E-state index >= 15 is 0 Å². The Kier molecular flexibility index (Phi) is 8.84. The first-order valence-electron chi connectivity index (χ1n) is 10.1. The van der Waals surface area contributed by atoms with E-state index in [0.717, 1.165) is 14.8 Å². The monoisotopic (exact) mass is 522 g/mol. The van der Waals surface area contributed by atoms with Gasteiger partial charge in [0, 0.05) is 21.5 Å². The van der Waals surface area contributed by atoms with Crippen molar-refractivity contribution < 1.29 is 13.2 Å². The van der Waals surface area contributed by atoms with E-state index in [2.05, 4.69) is 5.32 Å². The van der Waals surface area contributed by atoms with Crippen LogP contribution in [0.2, 0.25) is 10.0 Å². The maximum Gasteiger partial charge on any atom is 0.243 e. The standard InChI is InChI=1S/C24H24Cl2N2O3S2/c1-17(19-5-11-22(32-2)12-6-19)27-24(29)16-28(15-18-3-7-20(25)8-4-18)33(30,31)23-13-9-21(26)10-14-23/h3-14,17H,15-16H2,1-2H3,(H,27,29)/t17-/m0/s1. The first kappa shape index (κ1) is 25.6. The van der Waals surface area contributed by atoms with Crippen LogP contribution in [0.25, 0.3) is 0 Å². The van der Waals surface area contributed by atoms with Crippen LogP contribution in [0, 0.1) is 0 Å². The van der Waals surface area contributed by atoms with Crippen molar-refractivity contribution in [2.24, 2.45) is 0 Å². The lowest BCUT2D eigenvalue weighted by Gasteiger charge is -2.23. The third-order valence-electron chi connectivity index (χ3n) is 5.04. The number of carbonyl (C=O) groups excluding carboxylic acids is 1. The first-order chi connectivity index (χ1) is 15.7. The quantitative estimate of drug-likeness (QED) is 0.361. The van der Waals surface area contributed by atoms with Crippen molar-refractivity contribution in [3.05, 3.63) is 94.0 Å². The molecular formula is C24H24Cl2N2O3S2. The Labute approximate surface area is 209 Å². The van der Waals surface area contributed by atoms with Crippen molar-refractivity contribution in [1.82, 2.24) is 9.62 Å². The largest absolute Gasteiger partial charge is 0.348 e. The lowest BCUT2D eigenvalue weighted by atomic mass is 10.1. The van der Waals surface area contributed by atoms with Crippen molar-refractivity contribution in [2.45, 2.75) is 29.3 Å². The number of hydrogen-bond acceptors (Lipinski definition) is 4. The number of nitrogens with one attached hydrogen (secondary N) is 1. The van der Waals surface area contributed by atoms with E-state index in [1.165, 1.54) is 24.3 Å². The number of benzene rings is 3. The van der Waals surface area contributed by atoms with E-state index in [4.69, 9.17) is 23.2 Å². The number of halogens is 2. The molecule has 0 aliphatic rings. The average Bonchev–Trinajstić information content (AvgIpc) is 2.80. The highest BCUT2D eigenvalue weighted by Crippen LogP contribution is 2.22. The molecule has 0 spiro atoms. The molecule has 3 rings (SSSR count). The van der Waals surface area contributed by atoms with Gasteiger partial charge >= 0.3 is 0 Å². The summed E-state index contributed by atoms with van der Waals surface area (Å²) in [5, 5.41) is 3.87. The molecule has 0 bridgehead atoms. The summed E-state index contributed by atoms with van der Waals surface area (Å²) >= 11 is 13.5. The van der Waals surface area contributed by atoms with Crippen molar-refractivity contribution in [3.8, 4) is 0 Å². The zero-order chi connectivity index (χ0) is 24.0. The average molecular weight is 524 g/mol. The van der Waals surface area contributed by atoms with Crippen molar-refractivity contribution in [2.75, 3.05) is 12.8 Å². The smallest absolute Gasteiger partial charge is 0.243 e. The Morgan fingerprint density at radius 2 is 1.48 bits per heavy atom. The summed E-state index contributed by atoms with van der Waals surface area (Å²) in [6.45, 7) is 1.55. The van der Waals surface area contributed by atoms with E-state index in [9.17, 15) is 13.2 Å². The van der Waals surface area contributed by atoms with Crippen LogP contribution in [-0.2, 0) is 21.4 Å². The van der Waals surface area contributed by atoms with E-state index in [1.54, 1.807) is 36.0 Å². The highest BCUT2D eigenvalue weighted by atomic mass is 35.5. The topological polar surface area (TPSA) is 66.5 Å². The summed E-state index contributed by atoms with van der Waals surface area (Å²) < 4.78 is 27.9. The van der Waals surface area contributed by atoms with Gasteiger partial charge in [-0.05, 0) is 72.8 Å². The molecule has 1 N–H and O–H groups in total. The van der Waals surface area contributed by atoms with Gasteiger partial charge in [0.25, 0.3) is 0 Å². The lowest BCUT2D eigenvalue weighted by Crippen LogP contribution is -2.41. The van der Waals surface area contributed by atoms with Crippen molar-refractivity contribution in [1.29, 1.82) is 0 Å². The fourth-order valence-corrected chi connectivity index (χ4v) is 5.24. The summed E-state index contributed by atoms with van der Waals surface area (Å²) in [7, 11) is -3.95. The minimum atomic E-state index is -3.95. The zero-order valence-corrected chi connectivity index (χ0v) is 21.3. The van der Waals surface area contributed by atoms with Gasteiger partial charge in [-0.15, -0.1) is 11.8 Å². The van der Waals surface area contributed by atoms with Crippen molar-refractivity contribution >= 4 is 50.9 Å². The number of sulfonamides is 1. The van der Waals surface area contributed by atoms with Gasteiger partial charge in [-0.1, -0.05) is 47.5 Å². The van der Waals surface area contributed by atoms with Gasteiger partial charge in [-0.3, -0.25) is 4.79 Å². The number of carbonyl (C=O) groups is 1. The van der Waals surface area contributed by atoms with Gasteiger partial charge < -0.3 is 5.32 Å². The first-order valence-corrected chi connectivity index (χ1v) is 13.5. The normalized spacial score (nSPS) is 12.5. The highest BCUT2D eigenvalue weighted by molar-refractivity contribution is 7.98. The molecule has 0 saturated carbocycles. The summed E-state index contributed by atoms with van der Waals surface area (Å²) in [5.74, 6) is -0.400. The molecule has 33 heavy (non-hydrogen) atoms. The van der Waals surface area contributed by atoms with Gasteiger partial charge in [-0.25, -0.2) is 8.42 Å². The highest BCUT2D eigenvalue weighted by Gasteiger charge is 2.27. The van der Waals surface area contributed by atoms with Crippen molar-refractivity contribution in [3.63, 3.8) is 0 Å². The van der Waals surface area contributed by atoms with E-state index in [-0.39, 0.29) is 24.0 Å². The molecule has 174 valence electrons. The van der Waals surface area contributed by atoms with Crippen LogP contribution >= 0.6 is 35.0 Å². The second-order valence-corrected chi connectivity index (χ2v) is 11.1. The number of thioether (sulfide) groups is 1. The molecule has 0 aromatic heterocycles. The molecule has 0 aliphatic heterocycles. The van der Waals surface area contributed by atoms with Crippen LogP contribution in [-0.4, -0.2) is 31.4 Å². The fourth-order valence-electron chi connectivity index (χ4n) is 3.20. The van der Waals surface area contributed by atoms with Gasteiger partial charge in [-0.2, -0.15) is 4.31 Å². The zero-order valence-electron chi connectivity index (χ0n) is 18.2. The molecule has 5 nitrogen and oxygen atoms in total. The summed E-state index contributed by atoms with van der Waals surface area (Å²) in [5.41, 5.74) is 1.65. The summed E-state index contributed by atoms with van der Waals surface area (Å²) in [6.07, 6.45) is 2.00. The Balaban J connectivity index is 1.81. The number of rotatable bonds is 9. The maximum absolute atomic E-state index is 13.4. The van der Waals surface area contributed by atoms with Crippen LogP contribution in [0.15, 0.2) is 82.6 Å². The molecule has 0 saturated heterocycles. The third-order valence-corrected chi connectivity index (χ3v) is 8.09. The lowest BCUT2D eigenvalue weighted by molar-refractivity contribution is -0.122. The molecule has 0 heterocycles. The SMILES string of the molecule is CSc1ccc([C@H](C)NC(=O)CN(Cc2ccc(Cl)cc2)S(=O)(=O)c2ccc(Cl)cc2)cc1. The minimum absolute atomic E-state index is 0.0202. The van der Waals surface area contributed by atoms with E-state index in [0.29, 0.717) is 15.6 Å². The summed E-state index contributed by atoms with van der Waals surface area (Å²) in [4.78, 5) is 14.1. The van der Waals surface area contributed by atoms with E-state index < -0.39 is 15.9 Å². The van der Waals surface area contributed by atoms with Gasteiger partial charge in [0.1, 0.15) is 0 Å². The Morgan fingerprint density at radius 1 is 0.939 bits per heavy atom. The molecule has 0 fully saturated rings. The maximum atomic E-state index is 13.4. The molecule has 9 heteroatoms. The van der Waals surface area contributed by atoms with E-state index in [1.807, 2.05) is 37.4 Å². The second-order valence-electron chi connectivity index (χ2n) is 7.42. The predicted molar refractivity (Wildman–Crippen MR) is 135 cm³/mol. The van der Waals surface area contributed by atoms with Crippen LogP contribution in [0.5, 0.6) is 0 Å². The molecule has 1 amide bonds. The van der Waals surface area contributed by atoms with Gasteiger partial charge in [0.05, 0.1) is 17.5 Å². The second kappa shape index (κ2) is 11.4. The third kappa shape index (κ3) is 6.98. The Hall–Kier alpha value is -2.03. The van der Waals surface area contributed by atoms with Crippen LogP contribution < -0.4 is 5.32 Å². The van der Waals surface area contributed by atoms with Crippen LogP contribution in [0.1, 0.15) is 24.1 Å². The number of nitrogens with zero attached hydrogens (tertiary/aromatic N) is 1. The predicted octanol–water partition coefficient (Wildman–Crippen LogP) is 5.78. The van der Waals surface area contributed by atoms with Gasteiger partial charge in [0.15, 0.2) is 0 Å². The van der Waals surface area contributed by atoms with Crippen LogP contribution in [0.3, 0.4) is 0 Å². The van der Waals surface area contributed by atoms with Crippen LogP contribution in [0.4, 0.5) is 0 Å². The number of hydrogen-bond donors (Lipinski definition) is 1. The Bertz CT molecular complexity index is 1180. The number of amides is 1. The fraction of sp³-hybridized carbons (Fsp3) is 0.208. The molecular weight excluding hydrogens is 499 g/mol. The molecule has 1 atom stereocenters. The molecule has 0 unspecified atom stereocenters. The molecule has 3 aromatic carbocycles. The minimum Gasteiger partial charge on any atom is -0.348 e. The molecule has 3 aromatic rings. The summed E-state index contributed by atoms with van der Waals surface area (Å²) in [6, 6.07) is 20.3. The Morgan fingerprint density at radius 3 is 2.03 bits per heavy atom.